The summed E-state index contributed by atoms with van der Waals surface area (Å²) >= 11 is 0. The van der Waals surface area contributed by atoms with Crippen LogP contribution in [0, 0.1) is 0 Å². The second kappa shape index (κ2) is 7.62. The molecule has 10 heteroatoms. The van der Waals surface area contributed by atoms with E-state index in [2.05, 4.69) is 25.7 Å². The second-order valence-corrected chi connectivity index (χ2v) is 6.26. The van der Waals surface area contributed by atoms with E-state index >= 15 is 0 Å². The van der Waals surface area contributed by atoms with Gasteiger partial charge in [-0.3, -0.25) is 9.59 Å². The number of nitrogens with zero attached hydrogens (tertiary/aromatic N) is 3. The van der Waals surface area contributed by atoms with Crippen LogP contribution in [0.25, 0.3) is 10.8 Å². The average molecular weight is 381 g/mol. The molecule has 10 nitrogen and oxygen atoms in total. The minimum atomic E-state index is -0.542. The summed E-state index contributed by atoms with van der Waals surface area (Å²) in [6.45, 7) is 2.58. The highest BCUT2D eigenvalue weighted by molar-refractivity contribution is 5.94. The lowest BCUT2D eigenvalue weighted by Crippen LogP contribution is -2.40. The fraction of sp³-hybridized carbons (Fsp3) is 0.222. The number of aromatic nitrogens is 3. The van der Waals surface area contributed by atoms with Gasteiger partial charge in [0.1, 0.15) is 11.6 Å². The number of amides is 1. The molecular weight excluding hydrogens is 362 g/mol. The molecule has 0 aromatic carbocycles. The number of nitrogens with two attached hydrogens (primary N) is 1. The molecule has 28 heavy (non-hydrogen) atoms. The monoisotopic (exact) mass is 381 g/mol. The van der Waals surface area contributed by atoms with E-state index in [0.29, 0.717) is 54.7 Å². The smallest absolute Gasteiger partial charge is 0.259 e. The quantitative estimate of drug-likeness (QED) is 0.510. The van der Waals surface area contributed by atoms with Crippen LogP contribution in [0.3, 0.4) is 0 Å². The molecule has 1 aliphatic heterocycles. The largest absolute Gasteiger partial charge is 0.379 e. The van der Waals surface area contributed by atoms with Gasteiger partial charge in [0, 0.05) is 25.5 Å². The van der Waals surface area contributed by atoms with Gasteiger partial charge in [-0.2, -0.15) is 0 Å². The molecule has 0 bridgehead atoms. The third-order valence-electron chi connectivity index (χ3n) is 4.33. The lowest BCUT2D eigenvalue weighted by atomic mass is 10.2. The van der Waals surface area contributed by atoms with Crippen LogP contribution in [-0.2, 0) is 4.74 Å². The highest BCUT2D eigenvalue weighted by atomic mass is 16.5. The molecule has 1 fully saturated rings. The van der Waals surface area contributed by atoms with Gasteiger partial charge in [0.15, 0.2) is 5.82 Å². The number of ether oxygens (including phenoxy) is 1. The van der Waals surface area contributed by atoms with Crippen molar-refractivity contribution >= 4 is 34.1 Å². The number of rotatable bonds is 5. The first kappa shape index (κ1) is 17.9. The molecule has 3 aromatic heterocycles. The summed E-state index contributed by atoms with van der Waals surface area (Å²) in [6.07, 6.45) is 2.98. The van der Waals surface area contributed by atoms with Crippen LogP contribution in [-0.4, -0.2) is 52.2 Å². The van der Waals surface area contributed by atoms with Crippen molar-refractivity contribution in [2.75, 3.05) is 37.0 Å². The summed E-state index contributed by atoms with van der Waals surface area (Å²) in [4.78, 5) is 34.9. The number of carbonyl (C=O) groups is 1. The Kier molecular flexibility index (Phi) is 4.87. The Hall–Kier alpha value is -3.50. The Morgan fingerprint density at radius 1 is 1.21 bits per heavy atom. The number of anilines is 3. The maximum absolute atomic E-state index is 12.4. The summed E-state index contributed by atoms with van der Waals surface area (Å²) < 4.78 is 5.35. The first-order valence-corrected chi connectivity index (χ1v) is 8.75. The van der Waals surface area contributed by atoms with Gasteiger partial charge in [-0.25, -0.2) is 15.0 Å². The molecule has 3 aromatic rings. The van der Waals surface area contributed by atoms with Crippen LogP contribution >= 0.6 is 0 Å². The van der Waals surface area contributed by atoms with Crippen molar-refractivity contribution in [3.05, 3.63) is 52.6 Å². The molecule has 0 saturated carbocycles. The van der Waals surface area contributed by atoms with E-state index in [9.17, 15) is 9.59 Å². The minimum Gasteiger partial charge on any atom is -0.379 e. The number of hydrazine groups is 1. The van der Waals surface area contributed by atoms with Crippen molar-refractivity contribution in [2.45, 2.75) is 0 Å². The fourth-order valence-electron chi connectivity index (χ4n) is 2.93. The summed E-state index contributed by atoms with van der Waals surface area (Å²) in [5, 5.41) is 6.25. The Balaban J connectivity index is 1.68. The van der Waals surface area contributed by atoms with Gasteiger partial charge >= 0.3 is 0 Å². The number of carbonyl (C=O) groups excluding carboxylic acids is 1. The average Bonchev–Trinajstić information content (AvgIpc) is 2.69. The van der Waals surface area contributed by atoms with Gasteiger partial charge in [-0.1, -0.05) is 0 Å². The summed E-state index contributed by atoms with van der Waals surface area (Å²) in [5.41, 5.74) is 8.54. The van der Waals surface area contributed by atoms with E-state index in [1.165, 1.54) is 6.20 Å². The van der Waals surface area contributed by atoms with E-state index < -0.39 is 5.91 Å². The number of hydrogen-bond donors (Lipinski definition) is 4. The van der Waals surface area contributed by atoms with Gasteiger partial charge in [0.05, 0.1) is 24.2 Å². The fourth-order valence-corrected chi connectivity index (χ4v) is 2.93. The van der Waals surface area contributed by atoms with Gasteiger partial charge in [-0.05, 0) is 29.7 Å². The maximum atomic E-state index is 12.4. The zero-order valence-electron chi connectivity index (χ0n) is 14.9. The zero-order valence-corrected chi connectivity index (χ0v) is 14.9. The van der Waals surface area contributed by atoms with Gasteiger partial charge in [0.2, 0.25) is 5.91 Å². The summed E-state index contributed by atoms with van der Waals surface area (Å²) in [6, 6.07) is 6.78. The molecule has 5 N–H and O–H groups in total. The first-order valence-electron chi connectivity index (χ1n) is 8.75. The maximum Gasteiger partial charge on any atom is 0.259 e. The third-order valence-corrected chi connectivity index (χ3v) is 4.33. The first-order chi connectivity index (χ1) is 13.6. The van der Waals surface area contributed by atoms with Crippen LogP contribution < -0.4 is 22.0 Å². The molecule has 1 saturated heterocycles. The van der Waals surface area contributed by atoms with Gasteiger partial charge in [0.25, 0.3) is 5.56 Å². The molecule has 0 atom stereocenters. The molecule has 0 aliphatic carbocycles. The van der Waals surface area contributed by atoms with Crippen LogP contribution in [0.4, 0.5) is 17.5 Å². The molecule has 4 heterocycles. The van der Waals surface area contributed by atoms with E-state index in [1.807, 2.05) is 5.01 Å². The standard InChI is InChI=1S/C18H19N7O3/c19-16(26)12-1-2-13(21-10-12)22-14-9-11-3-4-20-18(27)15(11)17(23-14)24-25-5-7-28-8-6-25/h1-4,9-10H,5-8H2,(H2,19,26)(H,20,27)(H2,21,22,23,24). The Morgan fingerprint density at radius 3 is 2.75 bits per heavy atom. The van der Waals surface area contributed by atoms with Gasteiger partial charge in [-0.15, -0.1) is 0 Å². The lowest BCUT2D eigenvalue weighted by molar-refractivity contribution is 0.0495. The molecule has 0 unspecified atom stereocenters. The van der Waals surface area contributed by atoms with E-state index in [-0.39, 0.29) is 5.56 Å². The number of morpholine rings is 1. The third kappa shape index (κ3) is 3.77. The topological polar surface area (TPSA) is 138 Å². The van der Waals surface area contributed by atoms with E-state index in [4.69, 9.17) is 10.5 Å². The number of hydrogen-bond acceptors (Lipinski definition) is 8. The van der Waals surface area contributed by atoms with Gasteiger partial charge < -0.3 is 26.2 Å². The number of primary amides is 1. The Labute approximate surface area is 159 Å². The SMILES string of the molecule is NC(=O)c1ccc(Nc2cc3cc[nH]c(=O)c3c(NN3CCOCC3)n2)nc1. The number of pyridine rings is 3. The van der Waals surface area contributed by atoms with Crippen molar-refractivity contribution in [1.82, 2.24) is 20.0 Å². The Morgan fingerprint density at radius 2 is 2.04 bits per heavy atom. The van der Waals surface area contributed by atoms with Crippen molar-refractivity contribution in [1.29, 1.82) is 0 Å². The minimum absolute atomic E-state index is 0.226. The van der Waals surface area contributed by atoms with Crippen molar-refractivity contribution in [3.8, 4) is 0 Å². The normalized spacial score (nSPS) is 14.7. The lowest BCUT2D eigenvalue weighted by Gasteiger charge is -2.28. The highest BCUT2D eigenvalue weighted by Gasteiger charge is 2.15. The predicted octanol–water partition coefficient (Wildman–Crippen LogP) is 0.820. The molecule has 144 valence electrons. The number of fused-ring (bicyclic) bond motifs is 1. The van der Waals surface area contributed by atoms with Crippen LogP contribution in [0.5, 0.6) is 0 Å². The van der Waals surface area contributed by atoms with Crippen LogP contribution in [0.2, 0.25) is 0 Å². The molecular formula is C18H19N7O3. The number of nitrogens with one attached hydrogen (secondary N) is 3. The summed E-state index contributed by atoms with van der Waals surface area (Å²) in [5.74, 6) is 0.906. The van der Waals surface area contributed by atoms with E-state index in [0.717, 1.165) is 5.39 Å². The van der Waals surface area contributed by atoms with Crippen LogP contribution in [0.1, 0.15) is 10.4 Å². The molecule has 0 radical (unpaired) electrons. The second-order valence-electron chi connectivity index (χ2n) is 6.26. The van der Waals surface area contributed by atoms with Crippen molar-refractivity contribution < 1.29 is 9.53 Å². The van der Waals surface area contributed by atoms with Crippen molar-refractivity contribution in [2.24, 2.45) is 5.73 Å². The molecule has 1 amide bonds. The molecule has 4 rings (SSSR count). The van der Waals surface area contributed by atoms with Crippen LogP contribution in [0.15, 0.2) is 41.5 Å². The summed E-state index contributed by atoms with van der Waals surface area (Å²) in [7, 11) is 0. The van der Waals surface area contributed by atoms with Crippen molar-refractivity contribution in [3.63, 3.8) is 0 Å². The number of aromatic amines is 1. The highest BCUT2D eigenvalue weighted by Crippen LogP contribution is 2.24. The zero-order chi connectivity index (χ0) is 19.5. The Bertz CT molecular complexity index is 1060. The number of H-pyrrole nitrogens is 1. The van der Waals surface area contributed by atoms with E-state index in [1.54, 1.807) is 30.5 Å². The predicted molar refractivity (Wildman–Crippen MR) is 104 cm³/mol. The molecule has 0 spiro atoms. The molecule has 1 aliphatic rings.